The van der Waals surface area contributed by atoms with Crippen LogP contribution in [0.25, 0.3) is 5.57 Å². The number of carbonyl (C=O) groups is 2. The van der Waals surface area contributed by atoms with E-state index in [1.165, 1.54) is 12.1 Å². The Labute approximate surface area is 163 Å². The van der Waals surface area contributed by atoms with Crippen LogP contribution in [0.15, 0.2) is 40.9 Å². The Morgan fingerprint density at radius 1 is 1.16 bits per heavy atom. The number of carbonyl (C=O) groups excluding carboxylic acids is 1. The van der Waals surface area contributed by atoms with Crippen LogP contribution in [-0.2, 0) is 4.79 Å². The number of hydrogen-bond donors (Lipinski definition) is 2. The number of halogens is 3. The molecule has 0 heterocycles. The van der Waals surface area contributed by atoms with E-state index in [1.54, 1.807) is 38.1 Å². The molecule has 2 rings (SSSR count). The first kappa shape index (κ1) is 19.5. The van der Waals surface area contributed by atoms with E-state index in [0.717, 1.165) is 5.56 Å². The van der Waals surface area contributed by atoms with Gasteiger partial charge in [0, 0.05) is 10.5 Å². The van der Waals surface area contributed by atoms with E-state index in [-0.39, 0.29) is 11.3 Å². The van der Waals surface area contributed by atoms with Crippen molar-refractivity contribution in [3.05, 3.63) is 67.6 Å². The first-order valence-electron chi connectivity index (χ1n) is 7.17. The van der Waals surface area contributed by atoms with Gasteiger partial charge in [0.15, 0.2) is 0 Å². The zero-order valence-corrected chi connectivity index (χ0v) is 16.5. The molecule has 0 spiro atoms. The number of amides is 1. The highest BCUT2D eigenvalue weighted by atomic mass is 79.9. The third-order valence-corrected chi connectivity index (χ3v) is 4.70. The molecule has 25 heavy (non-hydrogen) atoms. The van der Waals surface area contributed by atoms with E-state index in [9.17, 15) is 14.7 Å². The van der Waals surface area contributed by atoms with Crippen LogP contribution in [0.2, 0.25) is 10.0 Å². The van der Waals surface area contributed by atoms with Gasteiger partial charge in [-0.2, -0.15) is 0 Å². The van der Waals surface area contributed by atoms with Gasteiger partial charge in [0.2, 0.25) is 5.91 Å². The monoisotopic (exact) mass is 441 g/mol. The molecule has 2 aromatic rings. The fourth-order valence-corrected chi connectivity index (χ4v) is 3.13. The number of anilines is 1. The maximum atomic E-state index is 12.3. The maximum absolute atomic E-state index is 12.3. The number of carboxylic acids is 1. The highest BCUT2D eigenvalue weighted by Crippen LogP contribution is 2.28. The molecule has 0 atom stereocenters. The van der Waals surface area contributed by atoms with E-state index >= 15 is 0 Å². The lowest BCUT2D eigenvalue weighted by Crippen LogP contribution is -2.14. The first-order valence-corrected chi connectivity index (χ1v) is 8.72. The number of benzene rings is 2. The Hall–Kier alpha value is -1.82. The van der Waals surface area contributed by atoms with Crippen molar-refractivity contribution in [2.24, 2.45) is 0 Å². The summed E-state index contributed by atoms with van der Waals surface area (Å²) < 4.78 is 0.628. The summed E-state index contributed by atoms with van der Waals surface area (Å²) in [6, 6.07) is 8.24. The van der Waals surface area contributed by atoms with Crippen molar-refractivity contribution in [3.8, 4) is 0 Å². The quantitative estimate of drug-likeness (QED) is 0.587. The normalized spacial score (nSPS) is 11.3. The van der Waals surface area contributed by atoms with Crippen LogP contribution in [0.3, 0.4) is 0 Å². The molecule has 0 saturated carbocycles. The molecular formula is C18H14BrCl2NO3. The van der Waals surface area contributed by atoms with Crippen molar-refractivity contribution in [3.63, 3.8) is 0 Å². The fraction of sp³-hybridized carbons (Fsp3) is 0.111. The molecule has 0 aliphatic carbocycles. The van der Waals surface area contributed by atoms with Gasteiger partial charge < -0.3 is 10.4 Å². The number of carboxylic acid groups (broad SMARTS) is 1. The predicted octanol–water partition coefficient (Wildman–Crippen LogP) is 5.80. The molecule has 0 unspecified atom stereocenters. The van der Waals surface area contributed by atoms with Crippen molar-refractivity contribution in [1.29, 1.82) is 0 Å². The zero-order chi connectivity index (χ0) is 18.7. The molecule has 0 bridgehead atoms. The minimum Gasteiger partial charge on any atom is -0.478 e. The second-order valence-electron chi connectivity index (χ2n) is 5.40. The Morgan fingerprint density at radius 2 is 1.84 bits per heavy atom. The molecule has 2 aromatic carbocycles. The van der Waals surface area contributed by atoms with Crippen LogP contribution in [0.1, 0.15) is 28.4 Å². The molecule has 0 aliphatic rings. The van der Waals surface area contributed by atoms with E-state index in [1.807, 2.05) is 0 Å². The SMILES string of the molecule is CC(=CC(=O)Nc1c(C)cc(Br)cc1C(=O)O)c1ccc(Cl)c(Cl)c1. The van der Waals surface area contributed by atoms with Crippen LogP contribution in [0, 0.1) is 6.92 Å². The summed E-state index contributed by atoms with van der Waals surface area (Å²) in [5.74, 6) is -1.55. The second-order valence-corrected chi connectivity index (χ2v) is 7.13. The lowest BCUT2D eigenvalue weighted by Gasteiger charge is -2.12. The largest absolute Gasteiger partial charge is 0.478 e. The predicted molar refractivity (Wildman–Crippen MR) is 105 cm³/mol. The average Bonchev–Trinajstić information content (AvgIpc) is 2.52. The van der Waals surface area contributed by atoms with Crippen molar-refractivity contribution in [2.75, 3.05) is 5.32 Å². The molecule has 1 amide bonds. The molecule has 0 aromatic heterocycles. The molecule has 0 saturated heterocycles. The summed E-state index contributed by atoms with van der Waals surface area (Å²) in [7, 11) is 0. The lowest BCUT2D eigenvalue weighted by atomic mass is 10.1. The summed E-state index contributed by atoms with van der Waals surface area (Å²) in [5.41, 5.74) is 2.33. The number of rotatable bonds is 4. The van der Waals surface area contributed by atoms with Gasteiger partial charge in [-0.25, -0.2) is 4.79 Å². The summed E-state index contributed by atoms with van der Waals surface area (Å²) in [6.07, 6.45) is 1.38. The summed E-state index contributed by atoms with van der Waals surface area (Å²) >= 11 is 15.1. The Bertz CT molecular complexity index is 894. The van der Waals surface area contributed by atoms with Gasteiger partial charge in [0.05, 0.1) is 21.3 Å². The fourth-order valence-electron chi connectivity index (χ4n) is 2.26. The van der Waals surface area contributed by atoms with E-state index in [4.69, 9.17) is 23.2 Å². The van der Waals surface area contributed by atoms with E-state index in [2.05, 4.69) is 21.2 Å². The van der Waals surface area contributed by atoms with E-state index < -0.39 is 11.9 Å². The third-order valence-electron chi connectivity index (χ3n) is 3.50. The van der Waals surface area contributed by atoms with Gasteiger partial charge >= 0.3 is 5.97 Å². The highest BCUT2D eigenvalue weighted by Gasteiger charge is 2.15. The zero-order valence-electron chi connectivity index (χ0n) is 13.4. The molecule has 0 aliphatic heterocycles. The molecule has 2 N–H and O–H groups in total. The van der Waals surface area contributed by atoms with E-state index in [0.29, 0.717) is 25.7 Å². The standard InChI is InChI=1S/C18H14BrCl2NO3/c1-9(11-3-4-14(20)15(21)7-11)6-16(23)22-17-10(2)5-12(19)8-13(17)18(24)25/h3-8H,1-2H3,(H,22,23)(H,24,25). The van der Waals surface area contributed by atoms with Crippen molar-refractivity contribution >= 4 is 62.3 Å². The smallest absolute Gasteiger partial charge is 0.337 e. The average molecular weight is 443 g/mol. The van der Waals surface area contributed by atoms with Gasteiger partial charge in [-0.3, -0.25) is 4.79 Å². The molecule has 130 valence electrons. The molecule has 0 radical (unpaired) electrons. The molecule has 4 nitrogen and oxygen atoms in total. The molecule has 7 heteroatoms. The van der Waals surface area contributed by atoms with Crippen LogP contribution in [0.5, 0.6) is 0 Å². The highest BCUT2D eigenvalue weighted by molar-refractivity contribution is 9.10. The number of nitrogens with one attached hydrogen (secondary N) is 1. The third kappa shape index (κ3) is 4.84. The Balaban J connectivity index is 2.31. The van der Waals surface area contributed by atoms with Crippen molar-refractivity contribution < 1.29 is 14.7 Å². The van der Waals surface area contributed by atoms with Crippen LogP contribution >= 0.6 is 39.1 Å². The summed E-state index contributed by atoms with van der Waals surface area (Å²) in [6.45, 7) is 3.48. The Morgan fingerprint density at radius 3 is 2.44 bits per heavy atom. The topological polar surface area (TPSA) is 66.4 Å². The van der Waals surface area contributed by atoms with Crippen LogP contribution in [0.4, 0.5) is 5.69 Å². The second kappa shape index (κ2) is 8.04. The number of allylic oxidation sites excluding steroid dienone is 1. The van der Waals surface area contributed by atoms with Crippen molar-refractivity contribution in [1.82, 2.24) is 0 Å². The van der Waals surface area contributed by atoms with Crippen molar-refractivity contribution in [2.45, 2.75) is 13.8 Å². The van der Waals surface area contributed by atoms with Gasteiger partial charge in [-0.05, 0) is 54.8 Å². The van der Waals surface area contributed by atoms with Gasteiger partial charge in [-0.15, -0.1) is 0 Å². The minimum absolute atomic E-state index is 0.0146. The van der Waals surface area contributed by atoms with Gasteiger partial charge in [-0.1, -0.05) is 45.2 Å². The van der Waals surface area contributed by atoms with Crippen LogP contribution in [-0.4, -0.2) is 17.0 Å². The lowest BCUT2D eigenvalue weighted by molar-refractivity contribution is -0.111. The minimum atomic E-state index is -1.12. The molecular weight excluding hydrogens is 429 g/mol. The molecule has 0 fully saturated rings. The number of aromatic carboxylic acids is 1. The number of aryl methyl sites for hydroxylation is 1. The Kier molecular flexibility index (Phi) is 6.27. The van der Waals surface area contributed by atoms with Gasteiger partial charge in [0.1, 0.15) is 0 Å². The summed E-state index contributed by atoms with van der Waals surface area (Å²) in [5, 5.41) is 12.8. The first-order chi connectivity index (χ1) is 11.7. The van der Waals surface area contributed by atoms with Gasteiger partial charge in [0.25, 0.3) is 0 Å². The van der Waals surface area contributed by atoms with Crippen LogP contribution < -0.4 is 5.32 Å². The number of hydrogen-bond acceptors (Lipinski definition) is 2. The summed E-state index contributed by atoms with van der Waals surface area (Å²) in [4.78, 5) is 23.7. The maximum Gasteiger partial charge on any atom is 0.337 e.